The largest absolute Gasteiger partial charge is 0.495 e. The molecule has 3 N–H and O–H groups in total. The van der Waals surface area contributed by atoms with E-state index in [1.165, 1.54) is 30.2 Å². The minimum absolute atomic E-state index is 0.0236. The summed E-state index contributed by atoms with van der Waals surface area (Å²) in [7, 11) is 1.42. The first-order chi connectivity index (χ1) is 9.43. The molecule has 1 aliphatic rings. The van der Waals surface area contributed by atoms with Crippen molar-refractivity contribution in [2.24, 2.45) is 11.7 Å². The van der Waals surface area contributed by atoms with Crippen molar-refractivity contribution in [3.63, 3.8) is 0 Å². The van der Waals surface area contributed by atoms with Crippen LogP contribution in [0, 0.1) is 5.92 Å². The lowest BCUT2D eigenvalue weighted by atomic mass is 10.1. The minimum atomic E-state index is -1.10. The Morgan fingerprint density at radius 3 is 2.65 bits per heavy atom. The van der Waals surface area contributed by atoms with E-state index in [0.29, 0.717) is 11.4 Å². The highest BCUT2D eigenvalue weighted by Gasteiger charge is 2.35. The summed E-state index contributed by atoms with van der Waals surface area (Å²) in [5, 5.41) is 9.00. The molecule has 1 atom stereocenters. The Labute approximate surface area is 114 Å². The van der Waals surface area contributed by atoms with E-state index in [9.17, 15) is 14.4 Å². The van der Waals surface area contributed by atoms with Crippen LogP contribution in [0.15, 0.2) is 18.2 Å². The quantitative estimate of drug-likeness (QED) is 0.819. The van der Waals surface area contributed by atoms with E-state index < -0.39 is 17.8 Å². The molecule has 1 aromatic carbocycles. The number of carboxylic acids is 1. The van der Waals surface area contributed by atoms with Crippen molar-refractivity contribution in [1.82, 2.24) is 0 Å². The standard InChI is InChI=1S/C13H14N2O5/c1-20-10-3-2-7(13(18)19)4-9(10)15-6-8(12(14)17)5-11(15)16/h2-4,8H,5-6H2,1H3,(H2,14,17)(H,18,19). The number of benzene rings is 1. The Bertz CT molecular complexity index is 584. The molecular formula is C13H14N2O5. The Morgan fingerprint density at radius 2 is 2.15 bits per heavy atom. The number of nitrogens with two attached hydrogens (primary N) is 1. The van der Waals surface area contributed by atoms with Gasteiger partial charge in [-0.15, -0.1) is 0 Å². The number of hydrogen-bond acceptors (Lipinski definition) is 4. The smallest absolute Gasteiger partial charge is 0.335 e. The molecule has 0 spiro atoms. The van der Waals surface area contributed by atoms with E-state index in [1.807, 2.05) is 0 Å². The lowest BCUT2D eigenvalue weighted by Crippen LogP contribution is -2.28. The fraction of sp³-hybridized carbons (Fsp3) is 0.308. The highest BCUT2D eigenvalue weighted by atomic mass is 16.5. The van der Waals surface area contributed by atoms with Crippen molar-refractivity contribution in [2.75, 3.05) is 18.6 Å². The number of carbonyl (C=O) groups is 3. The molecule has 1 aromatic rings. The molecule has 1 unspecified atom stereocenters. The average Bonchev–Trinajstić information content (AvgIpc) is 2.80. The van der Waals surface area contributed by atoms with Crippen LogP contribution in [0.2, 0.25) is 0 Å². The third-order valence-electron chi connectivity index (χ3n) is 3.24. The number of primary amides is 1. The van der Waals surface area contributed by atoms with Crippen molar-refractivity contribution in [2.45, 2.75) is 6.42 Å². The van der Waals surface area contributed by atoms with Crippen molar-refractivity contribution < 1.29 is 24.2 Å². The Balaban J connectivity index is 2.40. The zero-order chi connectivity index (χ0) is 14.9. The van der Waals surface area contributed by atoms with Crippen molar-refractivity contribution in [3.8, 4) is 5.75 Å². The molecule has 1 fully saturated rings. The number of anilines is 1. The molecule has 0 aliphatic carbocycles. The summed E-state index contributed by atoms with van der Waals surface area (Å²) >= 11 is 0. The Morgan fingerprint density at radius 1 is 1.45 bits per heavy atom. The highest BCUT2D eigenvalue weighted by Crippen LogP contribution is 2.33. The van der Waals surface area contributed by atoms with Gasteiger partial charge in [0.15, 0.2) is 0 Å². The van der Waals surface area contributed by atoms with Crippen LogP contribution < -0.4 is 15.4 Å². The van der Waals surface area contributed by atoms with Crippen molar-refractivity contribution in [1.29, 1.82) is 0 Å². The fourth-order valence-electron chi connectivity index (χ4n) is 2.16. The maximum atomic E-state index is 12.0. The van der Waals surface area contributed by atoms with Gasteiger partial charge < -0.3 is 20.5 Å². The number of hydrogen-bond donors (Lipinski definition) is 2. The maximum Gasteiger partial charge on any atom is 0.335 e. The highest BCUT2D eigenvalue weighted by molar-refractivity contribution is 6.02. The molecule has 0 radical (unpaired) electrons. The first-order valence-corrected chi connectivity index (χ1v) is 5.95. The molecule has 0 bridgehead atoms. The molecule has 2 rings (SSSR count). The second kappa shape index (κ2) is 5.20. The number of amides is 2. The van der Waals surface area contributed by atoms with Crippen LogP contribution >= 0.6 is 0 Å². The molecule has 1 heterocycles. The van der Waals surface area contributed by atoms with E-state index >= 15 is 0 Å². The summed E-state index contributed by atoms with van der Waals surface area (Å²) in [6.45, 7) is 0.133. The van der Waals surface area contributed by atoms with Crippen LogP contribution in [0.1, 0.15) is 16.8 Å². The predicted octanol–water partition coefficient (Wildman–Crippen LogP) is 0.232. The lowest BCUT2D eigenvalue weighted by molar-refractivity contribution is -0.123. The molecular weight excluding hydrogens is 264 g/mol. The van der Waals surface area contributed by atoms with Crippen LogP contribution in [0.4, 0.5) is 5.69 Å². The van der Waals surface area contributed by atoms with Gasteiger partial charge in [0.1, 0.15) is 5.75 Å². The summed E-state index contributed by atoms with van der Waals surface area (Å²) in [4.78, 5) is 35.5. The lowest BCUT2D eigenvalue weighted by Gasteiger charge is -2.19. The topological polar surface area (TPSA) is 110 Å². The monoisotopic (exact) mass is 278 g/mol. The summed E-state index contributed by atoms with van der Waals surface area (Å²) in [6.07, 6.45) is 0.0236. The number of carbonyl (C=O) groups excluding carboxylic acids is 2. The van der Waals surface area contributed by atoms with Crippen LogP contribution in [0.5, 0.6) is 5.75 Å². The third-order valence-corrected chi connectivity index (χ3v) is 3.24. The summed E-state index contributed by atoms with van der Waals surface area (Å²) in [5.74, 6) is -2.13. The Kier molecular flexibility index (Phi) is 3.60. The van der Waals surface area contributed by atoms with E-state index in [0.717, 1.165) is 0 Å². The van der Waals surface area contributed by atoms with Gasteiger partial charge in [0.25, 0.3) is 0 Å². The number of carboxylic acid groups (broad SMARTS) is 1. The first-order valence-electron chi connectivity index (χ1n) is 5.95. The normalized spacial score (nSPS) is 18.1. The summed E-state index contributed by atoms with van der Waals surface area (Å²) in [5.41, 5.74) is 5.58. The van der Waals surface area contributed by atoms with Gasteiger partial charge in [0, 0.05) is 13.0 Å². The first kappa shape index (κ1) is 13.9. The van der Waals surface area contributed by atoms with E-state index in [1.54, 1.807) is 0 Å². The zero-order valence-electron chi connectivity index (χ0n) is 10.8. The van der Waals surface area contributed by atoms with Gasteiger partial charge in [0.05, 0.1) is 24.3 Å². The molecule has 106 valence electrons. The molecule has 7 heteroatoms. The van der Waals surface area contributed by atoms with Gasteiger partial charge in [-0.05, 0) is 18.2 Å². The number of ether oxygens (including phenoxy) is 1. The summed E-state index contributed by atoms with van der Waals surface area (Å²) < 4.78 is 5.13. The fourth-order valence-corrected chi connectivity index (χ4v) is 2.16. The van der Waals surface area contributed by atoms with Gasteiger partial charge in [-0.25, -0.2) is 4.79 Å². The predicted molar refractivity (Wildman–Crippen MR) is 69.6 cm³/mol. The molecule has 1 aliphatic heterocycles. The van der Waals surface area contributed by atoms with Crippen LogP contribution in [0.3, 0.4) is 0 Å². The number of nitrogens with zero attached hydrogens (tertiary/aromatic N) is 1. The summed E-state index contributed by atoms with van der Waals surface area (Å²) in [6, 6.07) is 4.21. The van der Waals surface area contributed by atoms with Gasteiger partial charge in [-0.2, -0.15) is 0 Å². The second-order valence-corrected chi connectivity index (χ2v) is 4.50. The van der Waals surface area contributed by atoms with E-state index in [2.05, 4.69) is 0 Å². The van der Waals surface area contributed by atoms with E-state index in [-0.39, 0.29) is 24.4 Å². The van der Waals surface area contributed by atoms with Crippen LogP contribution in [0.25, 0.3) is 0 Å². The SMILES string of the molecule is COc1ccc(C(=O)O)cc1N1CC(C(N)=O)CC1=O. The second-order valence-electron chi connectivity index (χ2n) is 4.50. The number of aromatic carboxylic acids is 1. The average molecular weight is 278 g/mol. The van der Waals surface area contributed by atoms with Gasteiger partial charge in [0.2, 0.25) is 11.8 Å². The van der Waals surface area contributed by atoms with Gasteiger partial charge in [-0.3, -0.25) is 9.59 Å². The molecule has 7 nitrogen and oxygen atoms in total. The molecule has 1 saturated heterocycles. The van der Waals surface area contributed by atoms with Crippen LogP contribution in [-0.4, -0.2) is 36.5 Å². The van der Waals surface area contributed by atoms with Gasteiger partial charge in [-0.1, -0.05) is 0 Å². The number of rotatable bonds is 4. The zero-order valence-corrected chi connectivity index (χ0v) is 10.8. The van der Waals surface area contributed by atoms with Crippen molar-refractivity contribution >= 4 is 23.5 Å². The van der Waals surface area contributed by atoms with E-state index in [4.69, 9.17) is 15.6 Å². The van der Waals surface area contributed by atoms with Crippen LogP contribution in [-0.2, 0) is 9.59 Å². The Hall–Kier alpha value is -2.57. The molecule has 20 heavy (non-hydrogen) atoms. The molecule has 0 aromatic heterocycles. The molecule has 2 amide bonds. The third kappa shape index (κ3) is 2.42. The number of methoxy groups -OCH3 is 1. The van der Waals surface area contributed by atoms with Crippen molar-refractivity contribution in [3.05, 3.63) is 23.8 Å². The molecule has 0 saturated carbocycles. The van der Waals surface area contributed by atoms with Gasteiger partial charge >= 0.3 is 5.97 Å². The minimum Gasteiger partial charge on any atom is -0.495 e. The maximum absolute atomic E-state index is 12.0.